The van der Waals surface area contributed by atoms with E-state index in [9.17, 15) is 4.39 Å². The highest BCUT2D eigenvalue weighted by Gasteiger charge is 2.16. The second-order valence-electron chi connectivity index (χ2n) is 4.55. The molecule has 0 amide bonds. The molecule has 1 aromatic heterocycles. The minimum Gasteiger partial charge on any atom is -0.353 e. The van der Waals surface area contributed by atoms with Gasteiger partial charge in [0.1, 0.15) is 0 Å². The van der Waals surface area contributed by atoms with Crippen LogP contribution in [0.5, 0.6) is 0 Å². The van der Waals surface area contributed by atoms with Crippen LogP contribution in [0.1, 0.15) is 37.2 Å². The summed E-state index contributed by atoms with van der Waals surface area (Å²) < 4.78 is 23.8. The lowest BCUT2D eigenvalue weighted by atomic mass is 9.99. The van der Waals surface area contributed by atoms with Gasteiger partial charge in [-0.05, 0) is 37.3 Å². The number of hydrogen-bond acceptors (Lipinski definition) is 4. The molecule has 0 spiro atoms. The van der Waals surface area contributed by atoms with Crippen molar-refractivity contribution in [1.82, 2.24) is 4.98 Å². The van der Waals surface area contributed by atoms with Gasteiger partial charge in [0.05, 0.1) is 18.6 Å². The Balaban J connectivity index is 1.79. The summed E-state index contributed by atoms with van der Waals surface area (Å²) in [6.45, 7) is 1.20. The molecule has 0 aliphatic carbocycles. The van der Waals surface area contributed by atoms with E-state index in [1.54, 1.807) is 6.07 Å². The molecule has 2 heterocycles. The molecule has 2 unspecified atom stereocenters. The molecule has 1 fully saturated rings. The average molecular weight is 264 g/mol. The van der Waals surface area contributed by atoms with Crippen molar-refractivity contribution in [3.63, 3.8) is 0 Å². The highest BCUT2D eigenvalue weighted by atomic mass is 19.1. The predicted molar refractivity (Wildman–Crippen MR) is 66.7 cm³/mol. The van der Waals surface area contributed by atoms with Crippen molar-refractivity contribution in [1.29, 1.82) is 5.26 Å². The van der Waals surface area contributed by atoms with E-state index in [0.29, 0.717) is 13.0 Å². The predicted octanol–water partition coefficient (Wildman–Crippen LogP) is 2.76. The summed E-state index contributed by atoms with van der Waals surface area (Å²) in [6, 6.07) is 5.05. The Morgan fingerprint density at radius 2 is 2.42 bits per heavy atom. The van der Waals surface area contributed by atoms with Crippen LogP contribution < -0.4 is 0 Å². The summed E-state index contributed by atoms with van der Waals surface area (Å²) in [5.74, 6) is -0.857. The maximum atomic E-state index is 12.7. The second-order valence-corrected chi connectivity index (χ2v) is 4.55. The van der Waals surface area contributed by atoms with E-state index in [-0.39, 0.29) is 12.2 Å². The number of nitrogens with zero attached hydrogens (tertiary/aromatic N) is 2. The van der Waals surface area contributed by atoms with Crippen LogP contribution in [0.15, 0.2) is 18.3 Å². The van der Waals surface area contributed by atoms with Gasteiger partial charge in [-0.3, -0.25) is 0 Å². The van der Waals surface area contributed by atoms with Crippen LogP contribution in [0, 0.1) is 17.3 Å². The zero-order valence-electron chi connectivity index (χ0n) is 10.7. The van der Waals surface area contributed by atoms with Gasteiger partial charge < -0.3 is 9.47 Å². The summed E-state index contributed by atoms with van der Waals surface area (Å²) in [5, 5.41) is 9.13. The lowest BCUT2D eigenvalue weighted by Crippen LogP contribution is -2.23. The molecule has 1 aliphatic rings. The molecular formula is C14H17FN2O2. The van der Waals surface area contributed by atoms with E-state index < -0.39 is 5.95 Å². The van der Waals surface area contributed by atoms with Crippen LogP contribution in [0.25, 0.3) is 0 Å². The Morgan fingerprint density at radius 1 is 1.53 bits per heavy atom. The standard InChI is InChI=1S/C14H17FN2O2/c15-13-5-4-12(10-17-13)11(9-16)6-8-19-14-3-1-2-7-18-14/h4-5,10-11,14H,1-3,6-8H2. The number of ether oxygens (including phenoxy) is 2. The molecule has 1 aromatic rings. The third-order valence-corrected chi connectivity index (χ3v) is 3.16. The van der Waals surface area contributed by atoms with Crippen molar-refractivity contribution in [3.8, 4) is 6.07 Å². The fourth-order valence-corrected chi connectivity index (χ4v) is 2.06. The molecule has 102 valence electrons. The third-order valence-electron chi connectivity index (χ3n) is 3.16. The lowest BCUT2D eigenvalue weighted by Gasteiger charge is -2.23. The molecular weight excluding hydrogens is 247 g/mol. The summed E-state index contributed by atoms with van der Waals surface area (Å²) in [5.41, 5.74) is 0.720. The number of halogens is 1. The highest BCUT2D eigenvalue weighted by molar-refractivity contribution is 5.21. The van der Waals surface area contributed by atoms with E-state index in [1.807, 2.05) is 0 Å². The molecule has 0 saturated carbocycles. The molecule has 1 aliphatic heterocycles. The fourth-order valence-electron chi connectivity index (χ4n) is 2.06. The highest BCUT2D eigenvalue weighted by Crippen LogP contribution is 2.20. The molecule has 2 atom stereocenters. The lowest BCUT2D eigenvalue weighted by molar-refractivity contribution is -0.162. The third kappa shape index (κ3) is 4.27. The first-order chi connectivity index (χ1) is 9.29. The number of hydrogen-bond donors (Lipinski definition) is 0. The van der Waals surface area contributed by atoms with Crippen molar-refractivity contribution in [2.24, 2.45) is 0 Å². The van der Waals surface area contributed by atoms with Gasteiger partial charge in [-0.1, -0.05) is 6.07 Å². The molecule has 0 radical (unpaired) electrons. The van der Waals surface area contributed by atoms with Crippen LogP contribution in [0.2, 0.25) is 0 Å². The van der Waals surface area contributed by atoms with Crippen LogP contribution in [0.3, 0.4) is 0 Å². The minimum atomic E-state index is -0.535. The van der Waals surface area contributed by atoms with Gasteiger partial charge >= 0.3 is 0 Å². The zero-order valence-corrected chi connectivity index (χ0v) is 10.7. The van der Waals surface area contributed by atoms with Gasteiger partial charge in [0.25, 0.3) is 0 Å². The molecule has 4 nitrogen and oxygen atoms in total. The average Bonchev–Trinajstić information content (AvgIpc) is 2.46. The van der Waals surface area contributed by atoms with Gasteiger partial charge in [0.2, 0.25) is 5.95 Å². The van der Waals surface area contributed by atoms with E-state index in [1.165, 1.54) is 12.3 Å². The maximum absolute atomic E-state index is 12.7. The Morgan fingerprint density at radius 3 is 3.05 bits per heavy atom. The van der Waals surface area contributed by atoms with Crippen molar-refractivity contribution in [2.75, 3.05) is 13.2 Å². The van der Waals surface area contributed by atoms with Gasteiger partial charge in [-0.2, -0.15) is 9.65 Å². The van der Waals surface area contributed by atoms with Crippen LogP contribution in [-0.4, -0.2) is 24.5 Å². The Kier molecular flexibility index (Phi) is 5.25. The minimum absolute atomic E-state index is 0.139. The Hall–Kier alpha value is -1.51. The maximum Gasteiger partial charge on any atom is 0.212 e. The summed E-state index contributed by atoms with van der Waals surface area (Å²) in [7, 11) is 0. The molecule has 5 heteroatoms. The SMILES string of the molecule is N#CC(CCOC1CCCCO1)c1ccc(F)nc1. The van der Waals surface area contributed by atoms with Gasteiger partial charge in [0.15, 0.2) is 6.29 Å². The topological polar surface area (TPSA) is 55.1 Å². The molecule has 19 heavy (non-hydrogen) atoms. The number of pyridine rings is 1. The van der Waals surface area contributed by atoms with Crippen LogP contribution in [-0.2, 0) is 9.47 Å². The van der Waals surface area contributed by atoms with Crippen molar-refractivity contribution < 1.29 is 13.9 Å². The van der Waals surface area contributed by atoms with Crippen molar-refractivity contribution in [3.05, 3.63) is 29.8 Å². The first-order valence-corrected chi connectivity index (χ1v) is 6.54. The summed E-state index contributed by atoms with van der Waals surface area (Å²) >= 11 is 0. The summed E-state index contributed by atoms with van der Waals surface area (Å²) in [4.78, 5) is 3.56. The number of nitriles is 1. The fraction of sp³-hybridized carbons (Fsp3) is 0.571. The normalized spacial score (nSPS) is 20.7. The van der Waals surface area contributed by atoms with E-state index >= 15 is 0 Å². The first kappa shape index (κ1) is 13.9. The summed E-state index contributed by atoms with van der Waals surface area (Å²) in [6.07, 6.45) is 4.94. The molecule has 0 N–H and O–H groups in total. The molecule has 0 aromatic carbocycles. The zero-order chi connectivity index (χ0) is 13.5. The Labute approximate surface area is 112 Å². The van der Waals surface area contributed by atoms with E-state index in [2.05, 4.69) is 11.1 Å². The van der Waals surface area contributed by atoms with E-state index in [4.69, 9.17) is 14.7 Å². The quantitative estimate of drug-likeness (QED) is 0.767. The van der Waals surface area contributed by atoms with Gasteiger partial charge in [-0.25, -0.2) is 4.98 Å². The number of rotatable bonds is 5. The molecule has 0 bridgehead atoms. The van der Waals surface area contributed by atoms with Crippen molar-refractivity contribution in [2.45, 2.75) is 37.9 Å². The van der Waals surface area contributed by atoms with Gasteiger partial charge in [-0.15, -0.1) is 0 Å². The largest absolute Gasteiger partial charge is 0.353 e. The number of aromatic nitrogens is 1. The Bertz CT molecular complexity index is 424. The van der Waals surface area contributed by atoms with E-state index in [0.717, 1.165) is 31.4 Å². The molecule has 1 saturated heterocycles. The second kappa shape index (κ2) is 7.17. The van der Waals surface area contributed by atoms with Crippen LogP contribution >= 0.6 is 0 Å². The smallest absolute Gasteiger partial charge is 0.212 e. The van der Waals surface area contributed by atoms with Crippen molar-refractivity contribution >= 4 is 0 Å². The molecule has 2 rings (SSSR count). The van der Waals surface area contributed by atoms with Gasteiger partial charge in [0, 0.05) is 12.8 Å². The monoisotopic (exact) mass is 264 g/mol. The first-order valence-electron chi connectivity index (χ1n) is 6.54. The van der Waals surface area contributed by atoms with Crippen LogP contribution in [0.4, 0.5) is 4.39 Å².